The molecule has 124 valence electrons. The zero-order valence-corrected chi connectivity index (χ0v) is 14.3. The number of methoxy groups -OCH3 is 1. The Balaban J connectivity index is 1.58. The second kappa shape index (κ2) is 4.53. The van der Waals surface area contributed by atoms with Crippen molar-refractivity contribution in [3.8, 4) is 5.75 Å². The Kier molecular flexibility index (Phi) is 2.83. The maximum absolute atomic E-state index is 10.9. The van der Waals surface area contributed by atoms with Crippen molar-refractivity contribution >= 4 is 0 Å². The van der Waals surface area contributed by atoms with Crippen LogP contribution in [0.15, 0.2) is 18.2 Å². The third-order valence-electron chi connectivity index (χ3n) is 8.47. The van der Waals surface area contributed by atoms with Gasteiger partial charge in [-0.15, -0.1) is 0 Å². The van der Waals surface area contributed by atoms with Crippen molar-refractivity contribution in [1.29, 1.82) is 0 Å². The zero-order chi connectivity index (χ0) is 15.8. The summed E-state index contributed by atoms with van der Waals surface area (Å²) < 4.78 is 5.43. The molecule has 4 aliphatic carbocycles. The molecule has 1 spiro atoms. The lowest BCUT2D eigenvalue weighted by atomic mass is 9.46. The van der Waals surface area contributed by atoms with Crippen LogP contribution >= 0.6 is 0 Å². The van der Waals surface area contributed by atoms with Gasteiger partial charge in [-0.1, -0.05) is 13.0 Å². The molecule has 0 radical (unpaired) electrons. The number of hydrogen-bond acceptors (Lipinski definition) is 2. The predicted octanol–water partition coefficient (Wildman–Crippen LogP) is 4.30. The van der Waals surface area contributed by atoms with Crippen LogP contribution in [0, 0.1) is 22.7 Å². The lowest BCUT2D eigenvalue weighted by molar-refractivity contribution is -0.116. The summed E-state index contributed by atoms with van der Waals surface area (Å²) in [5.41, 5.74) is 3.69. The molecule has 0 saturated heterocycles. The number of fused-ring (bicyclic) bond motifs is 4. The molecule has 1 aromatic rings. The molecular formula is C21H28O2. The van der Waals surface area contributed by atoms with E-state index in [1.807, 2.05) is 0 Å². The number of aliphatic hydroxyl groups excluding tert-OH is 1. The van der Waals surface area contributed by atoms with Crippen LogP contribution in [0.2, 0.25) is 0 Å². The highest BCUT2D eigenvalue weighted by Crippen LogP contribution is 2.74. The molecule has 0 unspecified atom stereocenters. The molecule has 4 aliphatic rings. The van der Waals surface area contributed by atoms with Gasteiger partial charge in [0.2, 0.25) is 0 Å². The van der Waals surface area contributed by atoms with Gasteiger partial charge in [-0.25, -0.2) is 0 Å². The van der Waals surface area contributed by atoms with Gasteiger partial charge in [-0.2, -0.15) is 0 Å². The van der Waals surface area contributed by atoms with E-state index in [-0.39, 0.29) is 11.5 Å². The largest absolute Gasteiger partial charge is 0.497 e. The standard InChI is InChI=1S/C21H28O2/c1-20-9-8-17-16-5-4-15(23-2)11-13(16)3-6-18(17)21(20)10-7-14(12-21)19(20)22/h4-5,11,14,17-19,22H,3,6-10,12H2,1-2H3/t14-,17+,18+,19-,20+,21+/m0/s1. The summed E-state index contributed by atoms with van der Waals surface area (Å²) in [6.07, 6.45) is 8.81. The second-order valence-electron chi connectivity index (χ2n) is 8.88. The van der Waals surface area contributed by atoms with E-state index in [2.05, 4.69) is 25.1 Å². The van der Waals surface area contributed by atoms with Gasteiger partial charge in [-0.05, 0) is 96.8 Å². The minimum atomic E-state index is -0.0468. The van der Waals surface area contributed by atoms with Crippen molar-refractivity contribution in [2.45, 2.75) is 63.9 Å². The molecule has 2 heteroatoms. The third kappa shape index (κ3) is 1.59. The molecule has 6 atom stereocenters. The van der Waals surface area contributed by atoms with E-state index in [1.165, 1.54) is 50.5 Å². The lowest BCUT2D eigenvalue weighted by Crippen LogP contribution is -2.53. The third-order valence-corrected chi connectivity index (χ3v) is 8.47. The minimum Gasteiger partial charge on any atom is -0.497 e. The van der Waals surface area contributed by atoms with Crippen molar-refractivity contribution in [2.24, 2.45) is 22.7 Å². The molecule has 0 heterocycles. The number of aryl methyl sites for hydroxylation is 1. The van der Waals surface area contributed by atoms with Crippen LogP contribution in [-0.4, -0.2) is 18.3 Å². The SMILES string of the molecule is COc1ccc2c(c1)CC[C@@H]1[C@@H]2CC[C@]2(C)[C@@H](O)[C@H]3CC[C@@]12C3. The van der Waals surface area contributed by atoms with E-state index in [9.17, 15) is 5.11 Å². The van der Waals surface area contributed by atoms with Gasteiger partial charge in [0.15, 0.2) is 0 Å². The highest BCUT2D eigenvalue weighted by molar-refractivity contribution is 5.41. The van der Waals surface area contributed by atoms with Crippen molar-refractivity contribution in [2.75, 3.05) is 7.11 Å². The normalized spacial score (nSPS) is 46.9. The average Bonchev–Trinajstić information content (AvgIpc) is 3.11. The van der Waals surface area contributed by atoms with E-state index in [4.69, 9.17) is 4.74 Å². The fourth-order valence-electron chi connectivity index (χ4n) is 7.36. The van der Waals surface area contributed by atoms with Crippen molar-refractivity contribution < 1.29 is 9.84 Å². The highest BCUT2D eigenvalue weighted by atomic mass is 16.5. The monoisotopic (exact) mass is 312 g/mol. The molecule has 0 aromatic heterocycles. The van der Waals surface area contributed by atoms with Gasteiger partial charge < -0.3 is 9.84 Å². The molecular weight excluding hydrogens is 284 g/mol. The summed E-state index contributed by atoms with van der Waals surface area (Å²) >= 11 is 0. The molecule has 2 nitrogen and oxygen atoms in total. The smallest absolute Gasteiger partial charge is 0.119 e. The first-order chi connectivity index (χ1) is 11.1. The second-order valence-corrected chi connectivity index (χ2v) is 8.88. The molecule has 0 aliphatic heterocycles. The van der Waals surface area contributed by atoms with Gasteiger partial charge in [-0.3, -0.25) is 0 Å². The van der Waals surface area contributed by atoms with E-state index in [0.29, 0.717) is 17.3 Å². The first-order valence-electron chi connectivity index (χ1n) is 9.44. The lowest BCUT2D eigenvalue weighted by Gasteiger charge is -2.59. The molecule has 3 fully saturated rings. The Hall–Kier alpha value is -1.02. The van der Waals surface area contributed by atoms with Crippen LogP contribution in [0.25, 0.3) is 0 Å². The maximum Gasteiger partial charge on any atom is 0.119 e. The van der Waals surface area contributed by atoms with E-state index in [1.54, 1.807) is 12.7 Å². The molecule has 1 N–H and O–H groups in total. The average molecular weight is 312 g/mol. The molecule has 1 aromatic carbocycles. The quantitative estimate of drug-likeness (QED) is 0.837. The molecule has 5 rings (SSSR count). The van der Waals surface area contributed by atoms with Gasteiger partial charge >= 0.3 is 0 Å². The van der Waals surface area contributed by atoms with Crippen LogP contribution in [-0.2, 0) is 6.42 Å². The van der Waals surface area contributed by atoms with E-state index < -0.39 is 0 Å². The zero-order valence-electron chi connectivity index (χ0n) is 14.3. The van der Waals surface area contributed by atoms with Crippen molar-refractivity contribution in [3.63, 3.8) is 0 Å². The Morgan fingerprint density at radius 2 is 2.04 bits per heavy atom. The Labute approximate surface area is 139 Å². The van der Waals surface area contributed by atoms with Gasteiger partial charge in [0, 0.05) is 0 Å². The first kappa shape index (κ1) is 14.3. The molecule has 23 heavy (non-hydrogen) atoms. The van der Waals surface area contributed by atoms with Crippen LogP contribution < -0.4 is 4.74 Å². The Morgan fingerprint density at radius 3 is 2.87 bits per heavy atom. The van der Waals surface area contributed by atoms with Crippen molar-refractivity contribution in [3.05, 3.63) is 29.3 Å². The van der Waals surface area contributed by atoms with E-state index in [0.717, 1.165) is 11.7 Å². The Bertz CT molecular complexity index is 653. The number of benzene rings is 1. The summed E-state index contributed by atoms with van der Waals surface area (Å²) in [6, 6.07) is 6.74. The van der Waals surface area contributed by atoms with Crippen molar-refractivity contribution in [1.82, 2.24) is 0 Å². The van der Waals surface area contributed by atoms with Crippen LogP contribution in [0.4, 0.5) is 0 Å². The van der Waals surface area contributed by atoms with Crippen LogP contribution in [0.5, 0.6) is 5.75 Å². The van der Waals surface area contributed by atoms with Gasteiger partial charge in [0.25, 0.3) is 0 Å². The number of ether oxygens (including phenoxy) is 1. The van der Waals surface area contributed by atoms with Gasteiger partial charge in [0.05, 0.1) is 13.2 Å². The predicted molar refractivity (Wildman–Crippen MR) is 90.7 cm³/mol. The summed E-state index contributed by atoms with van der Waals surface area (Å²) in [7, 11) is 1.76. The fraction of sp³-hybridized carbons (Fsp3) is 0.714. The summed E-state index contributed by atoms with van der Waals surface area (Å²) in [6.45, 7) is 2.41. The van der Waals surface area contributed by atoms with Crippen LogP contribution in [0.1, 0.15) is 62.5 Å². The number of aliphatic hydroxyl groups is 1. The Morgan fingerprint density at radius 1 is 1.17 bits per heavy atom. The maximum atomic E-state index is 10.9. The number of hydrogen-bond donors (Lipinski definition) is 1. The molecule has 3 saturated carbocycles. The highest BCUT2D eigenvalue weighted by Gasteiger charge is 2.69. The summed E-state index contributed by atoms with van der Waals surface area (Å²) in [4.78, 5) is 0. The molecule has 2 bridgehead atoms. The topological polar surface area (TPSA) is 29.5 Å². The summed E-state index contributed by atoms with van der Waals surface area (Å²) in [5, 5.41) is 10.9. The summed E-state index contributed by atoms with van der Waals surface area (Å²) in [5.74, 6) is 3.07. The minimum absolute atomic E-state index is 0.0468. The fourth-order valence-corrected chi connectivity index (χ4v) is 7.36. The van der Waals surface area contributed by atoms with Crippen LogP contribution in [0.3, 0.4) is 0 Å². The number of rotatable bonds is 1. The van der Waals surface area contributed by atoms with E-state index >= 15 is 0 Å². The first-order valence-corrected chi connectivity index (χ1v) is 9.44. The molecule has 0 amide bonds. The van der Waals surface area contributed by atoms with Gasteiger partial charge in [0.1, 0.15) is 5.75 Å².